The molecule has 0 amide bonds. The highest BCUT2D eigenvalue weighted by Crippen LogP contribution is 2.24. The second kappa shape index (κ2) is 8.77. The maximum Gasteiger partial charge on any atom is 0.272 e. The molecule has 0 aliphatic rings. The lowest BCUT2D eigenvalue weighted by Crippen LogP contribution is -2.25. The Hall–Kier alpha value is -2.68. The number of Topliss-reactive ketones (excluding diaryl/α,β-unsaturated/α-hetero) is 1. The number of aryl methyl sites for hydroxylation is 2. The fourth-order valence-corrected chi connectivity index (χ4v) is 3.47. The van der Waals surface area contributed by atoms with E-state index in [9.17, 15) is 9.59 Å². The van der Waals surface area contributed by atoms with Gasteiger partial charge in [0.25, 0.3) is 5.56 Å². The largest absolute Gasteiger partial charge is 0.497 e. The first-order valence-electron chi connectivity index (χ1n) is 8.97. The standard InChI is InChI=1S/C22H21IN2O4/c1-13-11-24-18(15(3)26)10-19(13)25-14(2)9-20(21(23)22(25)27)29-12-16-5-7-17(28-4)8-6-16/h5-11H,12H2,1-4H3. The van der Waals surface area contributed by atoms with E-state index in [2.05, 4.69) is 4.98 Å². The number of aromatic nitrogens is 2. The molecule has 6 nitrogen and oxygen atoms in total. The zero-order chi connectivity index (χ0) is 21.1. The molecule has 150 valence electrons. The number of methoxy groups -OCH3 is 1. The molecule has 0 saturated heterocycles. The Labute approximate surface area is 182 Å². The fourth-order valence-electron chi connectivity index (χ4n) is 2.92. The normalized spacial score (nSPS) is 10.7. The number of hydrogen-bond acceptors (Lipinski definition) is 5. The molecule has 2 aromatic heterocycles. The van der Waals surface area contributed by atoms with Crippen LogP contribution in [0.15, 0.2) is 47.4 Å². The predicted molar refractivity (Wildman–Crippen MR) is 119 cm³/mol. The van der Waals surface area contributed by atoms with Crippen molar-refractivity contribution in [1.29, 1.82) is 0 Å². The van der Waals surface area contributed by atoms with E-state index in [1.807, 2.05) is 66.8 Å². The third kappa shape index (κ3) is 4.50. The number of halogens is 1. The number of rotatable bonds is 6. The van der Waals surface area contributed by atoms with Gasteiger partial charge in [0.2, 0.25) is 0 Å². The first kappa shape index (κ1) is 21.0. The Morgan fingerprint density at radius 3 is 2.48 bits per heavy atom. The third-order valence-corrected chi connectivity index (χ3v) is 5.52. The molecule has 0 unspecified atom stereocenters. The van der Waals surface area contributed by atoms with Crippen LogP contribution in [0.2, 0.25) is 0 Å². The molecule has 0 aliphatic heterocycles. The van der Waals surface area contributed by atoms with Gasteiger partial charge in [0.15, 0.2) is 5.78 Å². The molecule has 0 saturated carbocycles. The Kier molecular flexibility index (Phi) is 6.36. The van der Waals surface area contributed by atoms with Crippen molar-refractivity contribution >= 4 is 28.4 Å². The van der Waals surface area contributed by atoms with Gasteiger partial charge >= 0.3 is 0 Å². The molecule has 3 rings (SSSR count). The summed E-state index contributed by atoms with van der Waals surface area (Å²) in [4.78, 5) is 28.9. The molecule has 0 aliphatic carbocycles. The molecule has 3 aromatic rings. The van der Waals surface area contributed by atoms with Gasteiger partial charge < -0.3 is 9.47 Å². The molecule has 0 spiro atoms. The number of carbonyl (C=O) groups is 1. The van der Waals surface area contributed by atoms with Crippen molar-refractivity contribution in [3.05, 3.63) is 79.0 Å². The molecule has 0 atom stereocenters. The lowest BCUT2D eigenvalue weighted by molar-refractivity contribution is 0.101. The minimum Gasteiger partial charge on any atom is -0.497 e. The summed E-state index contributed by atoms with van der Waals surface area (Å²) in [6.07, 6.45) is 1.61. The Balaban J connectivity index is 1.95. The molecule has 0 bridgehead atoms. The second-order valence-electron chi connectivity index (χ2n) is 6.65. The minimum absolute atomic E-state index is 0.147. The van der Waals surface area contributed by atoms with Crippen LogP contribution in [0.1, 0.15) is 34.2 Å². The highest BCUT2D eigenvalue weighted by Gasteiger charge is 2.16. The molecule has 2 heterocycles. The summed E-state index contributed by atoms with van der Waals surface area (Å²) >= 11 is 2.00. The highest BCUT2D eigenvalue weighted by atomic mass is 127. The van der Waals surface area contributed by atoms with Crippen LogP contribution in [0.5, 0.6) is 11.5 Å². The van der Waals surface area contributed by atoms with Crippen LogP contribution >= 0.6 is 22.6 Å². The van der Waals surface area contributed by atoms with Crippen LogP contribution < -0.4 is 15.0 Å². The van der Waals surface area contributed by atoms with E-state index >= 15 is 0 Å². The van der Waals surface area contributed by atoms with Crippen molar-refractivity contribution in [2.24, 2.45) is 0 Å². The van der Waals surface area contributed by atoms with Crippen LogP contribution in [0.3, 0.4) is 0 Å². The number of pyridine rings is 2. The molecule has 1 aromatic carbocycles. The predicted octanol–water partition coefficient (Wildman–Crippen LogP) is 4.24. The van der Waals surface area contributed by atoms with Gasteiger partial charge in [0.05, 0.1) is 12.8 Å². The van der Waals surface area contributed by atoms with E-state index in [-0.39, 0.29) is 11.3 Å². The molecular formula is C22H21IN2O4. The smallest absolute Gasteiger partial charge is 0.272 e. The maximum atomic E-state index is 13.1. The second-order valence-corrected chi connectivity index (χ2v) is 7.73. The van der Waals surface area contributed by atoms with Gasteiger partial charge in [-0.1, -0.05) is 12.1 Å². The number of benzene rings is 1. The van der Waals surface area contributed by atoms with Crippen molar-refractivity contribution in [2.45, 2.75) is 27.4 Å². The van der Waals surface area contributed by atoms with Crippen molar-refractivity contribution in [3.63, 3.8) is 0 Å². The lowest BCUT2D eigenvalue weighted by atomic mass is 10.1. The number of ether oxygens (including phenoxy) is 2. The molecule has 0 N–H and O–H groups in total. The van der Waals surface area contributed by atoms with Crippen LogP contribution in [0.4, 0.5) is 0 Å². The molecule has 0 fully saturated rings. The van der Waals surface area contributed by atoms with Gasteiger partial charge in [-0.25, -0.2) is 0 Å². The summed E-state index contributed by atoms with van der Waals surface area (Å²) in [6.45, 7) is 5.49. The van der Waals surface area contributed by atoms with Crippen LogP contribution in [-0.4, -0.2) is 22.4 Å². The minimum atomic E-state index is -0.195. The number of hydrogen-bond donors (Lipinski definition) is 0. The number of nitrogens with zero attached hydrogens (tertiary/aromatic N) is 2. The Morgan fingerprint density at radius 2 is 1.86 bits per heavy atom. The number of ketones is 1. The summed E-state index contributed by atoms with van der Waals surface area (Å²) in [5.41, 5.74) is 3.27. The van der Waals surface area contributed by atoms with E-state index in [4.69, 9.17) is 9.47 Å². The summed E-state index contributed by atoms with van der Waals surface area (Å²) in [5, 5.41) is 0. The number of carbonyl (C=O) groups excluding carboxylic acids is 1. The first-order chi connectivity index (χ1) is 13.8. The summed E-state index contributed by atoms with van der Waals surface area (Å²) < 4.78 is 13.1. The summed E-state index contributed by atoms with van der Waals surface area (Å²) in [5.74, 6) is 1.16. The van der Waals surface area contributed by atoms with Gasteiger partial charge in [-0.15, -0.1) is 0 Å². The first-order valence-corrected chi connectivity index (χ1v) is 10.1. The monoisotopic (exact) mass is 504 g/mol. The molecule has 29 heavy (non-hydrogen) atoms. The zero-order valence-electron chi connectivity index (χ0n) is 16.7. The van der Waals surface area contributed by atoms with Gasteiger partial charge in [0.1, 0.15) is 27.4 Å². The average Bonchev–Trinajstić information content (AvgIpc) is 2.71. The van der Waals surface area contributed by atoms with Crippen molar-refractivity contribution < 1.29 is 14.3 Å². The SMILES string of the molecule is COc1ccc(COc2cc(C)n(-c3cc(C(C)=O)ncc3C)c(=O)c2I)cc1. The fraction of sp³-hybridized carbons (Fsp3) is 0.227. The van der Waals surface area contributed by atoms with E-state index in [0.29, 0.717) is 33.0 Å². The van der Waals surface area contributed by atoms with E-state index in [0.717, 1.165) is 16.9 Å². The average molecular weight is 504 g/mol. The van der Waals surface area contributed by atoms with Crippen molar-refractivity contribution in [1.82, 2.24) is 9.55 Å². The Bertz CT molecular complexity index is 1120. The van der Waals surface area contributed by atoms with E-state index in [1.54, 1.807) is 23.9 Å². The van der Waals surface area contributed by atoms with Crippen LogP contribution in [0.25, 0.3) is 5.69 Å². The molecule has 7 heteroatoms. The third-order valence-electron chi connectivity index (χ3n) is 4.53. The van der Waals surface area contributed by atoms with Gasteiger partial charge in [-0.3, -0.25) is 19.1 Å². The van der Waals surface area contributed by atoms with Gasteiger partial charge in [0, 0.05) is 24.9 Å². The van der Waals surface area contributed by atoms with Crippen molar-refractivity contribution in [2.75, 3.05) is 7.11 Å². The van der Waals surface area contributed by atoms with Crippen LogP contribution in [-0.2, 0) is 6.61 Å². The maximum absolute atomic E-state index is 13.1. The van der Waals surface area contributed by atoms with Gasteiger partial charge in [-0.05, 0) is 65.8 Å². The van der Waals surface area contributed by atoms with Crippen LogP contribution in [0, 0.1) is 17.4 Å². The van der Waals surface area contributed by atoms with E-state index < -0.39 is 0 Å². The summed E-state index contributed by atoms with van der Waals surface area (Å²) in [7, 11) is 1.62. The lowest BCUT2D eigenvalue weighted by Gasteiger charge is -2.16. The topological polar surface area (TPSA) is 70.4 Å². The Morgan fingerprint density at radius 1 is 1.17 bits per heavy atom. The summed E-state index contributed by atoms with van der Waals surface area (Å²) in [6, 6.07) is 11.1. The molecular weight excluding hydrogens is 483 g/mol. The zero-order valence-corrected chi connectivity index (χ0v) is 18.8. The molecule has 0 radical (unpaired) electrons. The quantitative estimate of drug-likeness (QED) is 0.371. The van der Waals surface area contributed by atoms with E-state index in [1.165, 1.54) is 6.92 Å². The van der Waals surface area contributed by atoms with Crippen molar-refractivity contribution in [3.8, 4) is 17.2 Å². The highest BCUT2D eigenvalue weighted by molar-refractivity contribution is 14.1. The van der Waals surface area contributed by atoms with Gasteiger partial charge in [-0.2, -0.15) is 0 Å².